The highest BCUT2D eigenvalue weighted by molar-refractivity contribution is 7.80. The molecular formula is C5H10N2OS. The van der Waals surface area contributed by atoms with Crippen molar-refractivity contribution in [1.29, 1.82) is 0 Å². The van der Waals surface area contributed by atoms with Gasteiger partial charge in [0.25, 0.3) is 0 Å². The Morgan fingerprint density at radius 3 is 2.78 bits per heavy atom. The summed E-state index contributed by atoms with van der Waals surface area (Å²) in [7, 11) is 3.41. The summed E-state index contributed by atoms with van der Waals surface area (Å²) in [6, 6.07) is 0. The summed E-state index contributed by atoms with van der Waals surface area (Å²) in [5.74, 6) is 0. The first-order valence-corrected chi connectivity index (χ1v) is 2.97. The lowest BCUT2D eigenvalue weighted by atomic mass is 10.6. The summed E-state index contributed by atoms with van der Waals surface area (Å²) in [6.07, 6.45) is 0.740. The third kappa shape index (κ3) is 3.90. The van der Waals surface area contributed by atoms with Crippen molar-refractivity contribution in [2.24, 2.45) is 0 Å². The lowest BCUT2D eigenvalue weighted by molar-refractivity contribution is -0.116. The van der Waals surface area contributed by atoms with E-state index in [1.165, 1.54) is 4.90 Å². The molecule has 0 heterocycles. The second-order valence-electron chi connectivity index (χ2n) is 1.69. The smallest absolute Gasteiger partial charge is 0.209 e. The Balaban J connectivity index is 3.46. The van der Waals surface area contributed by atoms with Crippen LogP contribution < -0.4 is 5.32 Å². The first kappa shape index (κ1) is 8.36. The molecule has 0 aliphatic carbocycles. The number of hydrogen-bond acceptors (Lipinski definition) is 2. The van der Waals surface area contributed by atoms with E-state index < -0.39 is 0 Å². The fourth-order valence-corrected chi connectivity index (χ4v) is 0.546. The van der Waals surface area contributed by atoms with Gasteiger partial charge in [0.2, 0.25) is 6.41 Å². The van der Waals surface area contributed by atoms with E-state index in [9.17, 15) is 4.79 Å². The highest BCUT2D eigenvalue weighted by atomic mass is 32.1. The predicted octanol–water partition coefficient (Wildman–Crippen LogP) is -0.379. The van der Waals surface area contributed by atoms with Crippen LogP contribution in [0.1, 0.15) is 0 Å². The Labute approximate surface area is 60.0 Å². The highest BCUT2D eigenvalue weighted by Gasteiger charge is 1.94. The third-order valence-corrected chi connectivity index (χ3v) is 1.19. The van der Waals surface area contributed by atoms with Gasteiger partial charge in [0.15, 0.2) is 0 Å². The van der Waals surface area contributed by atoms with Gasteiger partial charge >= 0.3 is 0 Å². The molecule has 0 aromatic rings. The molecule has 0 aliphatic heterocycles. The molecule has 0 unspecified atom stereocenters. The summed E-state index contributed by atoms with van der Waals surface area (Å²) < 4.78 is 0. The maximum absolute atomic E-state index is 9.99. The van der Waals surface area contributed by atoms with Crippen LogP contribution in [0, 0.1) is 0 Å². The number of nitrogens with one attached hydrogen (secondary N) is 1. The normalized spacial score (nSPS) is 8.22. The van der Waals surface area contributed by atoms with E-state index in [0.29, 0.717) is 11.5 Å². The van der Waals surface area contributed by atoms with Gasteiger partial charge in [0.05, 0.1) is 11.5 Å². The van der Waals surface area contributed by atoms with Crippen LogP contribution >= 0.6 is 12.2 Å². The van der Waals surface area contributed by atoms with Crippen molar-refractivity contribution in [3.63, 3.8) is 0 Å². The summed E-state index contributed by atoms with van der Waals surface area (Å²) >= 11 is 4.79. The number of rotatable bonds is 3. The molecule has 0 atom stereocenters. The van der Waals surface area contributed by atoms with E-state index in [-0.39, 0.29) is 0 Å². The van der Waals surface area contributed by atoms with Crippen LogP contribution in [0.4, 0.5) is 0 Å². The molecule has 0 fully saturated rings. The number of nitrogens with zero attached hydrogens (tertiary/aromatic N) is 1. The summed E-state index contributed by atoms with van der Waals surface area (Å²) in [5.41, 5.74) is 0. The molecule has 0 spiro atoms. The summed E-state index contributed by atoms with van der Waals surface area (Å²) in [4.78, 5) is 12.1. The molecule has 3 nitrogen and oxygen atoms in total. The van der Waals surface area contributed by atoms with E-state index in [1.807, 2.05) is 0 Å². The van der Waals surface area contributed by atoms with Crippen LogP contribution in [0.2, 0.25) is 0 Å². The van der Waals surface area contributed by atoms with Crippen LogP contribution in [0.25, 0.3) is 0 Å². The van der Waals surface area contributed by atoms with E-state index >= 15 is 0 Å². The number of hydrogen-bond donors (Lipinski definition) is 1. The molecule has 0 bridgehead atoms. The Hall–Kier alpha value is -0.640. The maximum atomic E-state index is 9.99. The molecule has 0 saturated carbocycles. The zero-order valence-electron chi connectivity index (χ0n) is 5.55. The lowest BCUT2D eigenvalue weighted by Crippen LogP contribution is -2.30. The average molecular weight is 146 g/mol. The van der Waals surface area contributed by atoms with Crippen molar-refractivity contribution in [1.82, 2.24) is 10.2 Å². The minimum Gasteiger partial charge on any atom is -0.381 e. The highest BCUT2D eigenvalue weighted by Crippen LogP contribution is 1.75. The van der Waals surface area contributed by atoms with Crippen LogP contribution in [0.15, 0.2) is 0 Å². The fraction of sp³-hybridized carbons (Fsp3) is 0.600. The molecule has 0 aromatic carbocycles. The molecule has 52 valence electrons. The van der Waals surface area contributed by atoms with E-state index in [4.69, 9.17) is 12.2 Å². The van der Waals surface area contributed by atoms with Gasteiger partial charge in [-0.15, -0.1) is 0 Å². The van der Waals surface area contributed by atoms with Crippen molar-refractivity contribution in [2.75, 3.05) is 20.6 Å². The van der Waals surface area contributed by atoms with Gasteiger partial charge in [-0.1, -0.05) is 12.2 Å². The van der Waals surface area contributed by atoms with Crippen LogP contribution in [-0.2, 0) is 4.79 Å². The topological polar surface area (TPSA) is 32.3 Å². The van der Waals surface area contributed by atoms with Crippen LogP contribution in [0.3, 0.4) is 0 Å². The SMILES string of the molecule is CNC(=S)CN(C)C=O. The van der Waals surface area contributed by atoms with Crippen molar-refractivity contribution in [3.05, 3.63) is 0 Å². The quantitative estimate of drug-likeness (QED) is 0.435. The second-order valence-corrected chi connectivity index (χ2v) is 2.19. The van der Waals surface area contributed by atoms with E-state index in [2.05, 4.69) is 5.32 Å². The molecule has 1 N–H and O–H groups in total. The van der Waals surface area contributed by atoms with Crippen LogP contribution in [-0.4, -0.2) is 36.9 Å². The predicted molar refractivity (Wildman–Crippen MR) is 40.4 cm³/mol. The molecule has 0 aromatic heterocycles. The molecule has 0 radical (unpaired) electrons. The Kier molecular flexibility index (Phi) is 3.96. The van der Waals surface area contributed by atoms with E-state index in [1.54, 1.807) is 14.1 Å². The van der Waals surface area contributed by atoms with Crippen molar-refractivity contribution >= 4 is 23.6 Å². The van der Waals surface area contributed by atoms with Gasteiger partial charge in [-0.3, -0.25) is 4.79 Å². The molecule has 9 heavy (non-hydrogen) atoms. The first-order chi connectivity index (χ1) is 4.20. The van der Waals surface area contributed by atoms with Crippen molar-refractivity contribution in [3.8, 4) is 0 Å². The van der Waals surface area contributed by atoms with Gasteiger partial charge in [-0.25, -0.2) is 0 Å². The van der Waals surface area contributed by atoms with Crippen molar-refractivity contribution < 1.29 is 4.79 Å². The standard InChI is InChI=1S/C5H10N2OS/c1-6-5(9)3-7(2)4-8/h4H,3H2,1-2H3,(H,6,9). The monoisotopic (exact) mass is 146 g/mol. The number of thiocarbonyl (C=S) groups is 1. The second kappa shape index (κ2) is 4.26. The van der Waals surface area contributed by atoms with E-state index in [0.717, 1.165) is 6.41 Å². The molecular weight excluding hydrogens is 136 g/mol. The number of amides is 1. The van der Waals surface area contributed by atoms with Gasteiger partial charge in [-0.05, 0) is 0 Å². The maximum Gasteiger partial charge on any atom is 0.209 e. The molecule has 4 heteroatoms. The third-order valence-electron chi connectivity index (χ3n) is 0.852. The van der Waals surface area contributed by atoms with Gasteiger partial charge in [-0.2, -0.15) is 0 Å². The zero-order chi connectivity index (χ0) is 7.28. The van der Waals surface area contributed by atoms with Gasteiger partial charge < -0.3 is 10.2 Å². The molecule has 0 aliphatic rings. The number of carbonyl (C=O) groups is 1. The lowest BCUT2D eigenvalue weighted by Gasteiger charge is -2.09. The molecule has 0 rings (SSSR count). The summed E-state index contributed by atoms with van der Waals surface area (Å²) in [5, 5.41) is 2.76. The molecule has 1 amide bonds. The Bertz CT molecular complexity index is 116. The number of likely N-dealkylation sites (N-methyl/N-ethyl adjacent to an activating group) is 2. The van der Waals surface area contributed by atoms with Gasteiger partial charge in [0.1, 0.15) is 0 Å². The largest absolute Gasteiger partial charge is 0.381 e. The average Bonchev–Trinajstić information content (AvgIpc) is 1.87. The Morgan fingerprint density at radius 2 is 2.44 bits per heavy atom. The minimum absolute atomic E-state index is 0.495. The minimum atomic E-state index is 0.495. The first-order valence-electron chi connectivity index (χ1n) is 2.57. The van der Waals surface area contributed by atoms with Gasteiger partial charge in [0, 0.05) is 14.1 Å². The fourth-order valence-electron chi connectivity index (χ4n) is 0.343. The zero-order valence-corrected chi connectivity index (χ0v) is 6.36. The summed E-state index contributed by atoms with van der Waals surface area (Å²) in [6.45, 7) is 0.495. The molecule has 0 saturated heterocycles. The van der Waals surface area contributed by atoms with Crippen LogP contribution in [0.5, 0.6) is 0 Å². The van der Waals surface area contributed by atoms with Crippen molar-refractivity contribution in [2.45, 2.75) is 0 Å². The number of carbonyl (C=O) groups excluding carboxylic acids is 1. The Morgan fingerprint density at radius 1 is 1.89 bits per heavy atom.